The zero-order valence-corrected chi connectivity index (χ0v) is 9.10. The van der Waals surface area contributed by atoms with Gasteiger partial charge in [-0.1, -0.05) is 24.3 Å². The predicted octanol–water partition coefficient (Wildman–Crippen LogP) is 2.54. The van der Waals surface area contributed by atoms with E-state index in [1.165, 1.54) is 11.6 Å². The van der Waals surface area contributed by atoms with Gasteiger partial charge in [-0.15, -0.1) is 0 Å². The number of aromatic carboxylic acids is 1. The molecule has 3 rings (SSSR count). The first-order chi connectivity index (χ1) is 8.16. The number of anilines is 1. The number of carbonyl (C=O) groups is 1. The smallest absolute Gasteiger partial charge is 0.335 e. The molecule has 0 unspecified atom stereocenters. The van der Waals surface area contributed by atoms with E-state index < -0.39 is 5.97 Å². The lowest BCUT2D eigenvalue weighted by molar-refractivity contribution is 0.0697. The summed E-state index contributed by atoms with van der Waals surface area (Å²) < 4.78 is 0. The number of carboxylic acids is 1. The van der Waals surface area contributed by atoms with Crippen LogP contribution >= 0.6 is 0 Å². The van der Waals surface area contributed by atoms with Crippen LogP contribution in [-0.4, -0.2) is 11.1 Å². The highest BCUT2D eigenvalue weighted by molar-refractivity contribution is 5.93. The highest BCUT2D eigenvalue weighted by atomic mass is 16.4. The van der Waals surface area contributed by atoms with Crippen molar-refractivity contribution in [3.8, 4) is 11.1 Å². The molecule has 0 bridgehead atoms. The minimum Gasteiger partial charge on any atom is -0.478 e. The summed E-state index contributed by atoms with van der Waals surface area (Å²) in [6.45, 7) is 0. The zero-order chi connectivity index (χ0) is 12.0. The molecular formula is C14H11NO2. The van der Waals surface area contributed by atoms with E-state index >= 15 is 0 Å². The van der Waals surface area contributed by atoms with Crippen LogP contribution in [0.2, 0.25) is 0 Å². The number of hydrogen-bond donors (Lipinski definition) is 2. The Morgan fingerprint density at radius 3 is 2.71 bits per heavy atom. The second-order valence-corrected chi connectivity index (χ2v) is 4.23. The fourth-order valence-corrected chi connectivity index (χ4v) is 2.38. The maximum absolute atomic E-state index is 11.0. The molecule has 0 fully saturated rings. The molecule has 0 saturated heterocycles. The molecule has 3 N–H and O–H groups in total. The van der Waals surface area contributed by atoms with E-state index in [2.05, 4.69) is 6.07 Å². The molecule has 0 aliphatic heterocycles. The number of nitrogen functional groups attached to an aromatic ring is 1. The molecule has 17 heavy (non-hydrogen) atoms. The lowest BCUT2D eigenvalue weighted by Crippen LogP contribution is -2.01. The van der Waals surface area contributed by atoms with Gasteiger partial charge in [-0.2, -0.15) is 0 Å². The lowest BCUT2D eigenvalue weighted by atomic mass is 10.0. The van der Waals surface area contributed by atoms with Crippen molar-refractivity contribution in [1.82, 2.24) is 0 Å². The molecular weight excluding hydrogens is 214 g/mol. The summed E-state index contributed by atoms with van der Waals surface area (Å²) >= 11 is 0. The molecule has 0 heterocycles. The van der Waals surface area contributed by atoms with Gasteiger partial charge in [0.15, 0.2) is 0 Å². The Morgan fingerprint density at radius 1 is 1.18 bits per heavy atom. The van der Waals surface area contributed by atoms with Crippen LogP contribution in [0.5, 0.6) is 0 Å². The van der Waals surface area contributed by atoms with E-state index in [0.29, 0.717) is 5.69 Å². The summed E-state index contributed by atoms with van der Waals surface area (Å²) in [5.41, 5.74) is 11.0. The van der Waals surface area contributed by atoms with Gasteiger partial charge in [-0.05, 0) is 34.4 Å². The van der Waals surface area contributed by atoms with Crippen LogP contribution in [-0.2, 0) is 6.42 Å². The van der Waals surface area contributed by atoms with E-state index in [9.17, 15) is 4.79 Å². The molecule has 1 aliphatic rings. The van der Waals surface area contributed by atoms with Crippen LogP contribution in [0.3, 0.4) is 0 Å². The van der Waals surface area contributed by atoms with Gasteiger partial charge < -0.3 is 10.8 Å². The Balaban J connectivity index is 2.28. The summed E-state index contributed by atoms with van der Waals surface area (Å²) in [6, 6.07) is 11.2. The molecule has 3 nitrogen and oxygen atoms in total. The zero-order valence-electron chi connectivity index (χ0n) is 9.10. The normalized spacial score (nSPS) is 12.0. The lowest BCUT2D eigenvalue weighted by Gasteiger charge is -2.06. The Morgan fingerprint density at radius 2 is 1.94 bits per heavy atom. The Hall–Kier alpha value is -2.29. The largest absolute Gasteiger partial charge is 0.478 e. The molecule has 2 aromatic rings. The molecule has 0 atom stereocenters. The molecule has 1 aliphatic carbocycles. The van der Waals surface area contributed by atoms with Crippen LogP contribution in [0.4, 0.5) is 5.69 Å². The SMILES string of the molecule is Nc1cc(C(=O)O)cc2c1Cc1ccccc1-2. The fourth-order valence-electron chi connectivity index (χ4n) is 2.38. The van der Waals surface area contributed by atoms with E-state index in [1.807, 2.05) is 18.2 Å². The van der Waals surface area contributed by atoms with Crippen LogP contribution < -0.4 is 5.73 Å². The van der Waals surface area contributed by atoms with Crippen molar-refractivity contribution in [1.29, 1.82) is 0 Å². The van der Waals surface area contributed by atoms with Gasteiger partial charge >= 0.3 is 5.97 Å². The average molecular weight is 225 g/mol. The molecule has 0 amide bonds. The number of hydrogen-bond acceptors (Lipinski definition) is 2. The van der Waals surface area contributed by atoms with Crippen molar-refractivity contribution < 1.29 is 9.90 Å². The Labute approximate surface area is 98.5 Å². The number of benzene rings is 2. The maximum atomic E-state index is 11.0. The van der Waals surface area contributed by atoms with Crippen LogP contribution in [0.15, 0.2) is 36.4 Å². The third-order valence-corrected chi connectivity index (χ3v) is 3.21. The second-order valence-electron chi connectivity index (χ2n) is 4.23. The van der Waals surface area contributed by atoms with Crippen molar-refractivity contribution in [2.75, 3.05) is 5.73 Å². The van der Waals surface area contributed by atoms with Gasteiger partial charge in [-0.3, -0.25) is 0 Å². The quantitative estimate of drug-likeness (QED) is 0.625. The Kier molecular flexibility index (Phi) is 1.95. The van der Waals surface area contributed by atoms with Crippen LogP contribution in [0, 0.1) is 0 Å². The van der Waals surface area contributed by atoms with Crippen molar-refractivity contribution in [2.45, 2.75) is 6.42 Å². The second kappa shape index (κ2) is 3.35. The maximum Gasteiger partial charge on any atom is 0.335 e. The van der Waals surface area contributed by atoms with E-state index in [1.54, 1.807) is 6.07 Å². The predicted molar refractivity (Wildman–Crippen MR) is 66.1 cm³/mol. The third kappa shape index (κ3) is 1.40. The minimum atomic E-state index is -0.941. The first-order valence-corrected chi connectivity index (χ1v) is 5.41. The van der Waals surface area contributed by atoms with Crippen molar-refractivity contribution in [3.63, 3.8) is 0 Å². The van der Waals surface area contributed by atoms with Gasteiger partial charge in [0, 0.05) is 12.1 Å². The summed E-state index contributed by atoms with van der Waals surface area (Å²) in [5.74, 6) is -0.941. The molecule has 0 radical (unpaired) electrons. The van der Waals surface area contributed by atoms with Crippen molar-refractivity contribution in [2.24, 2.45) is 0 Å². The van der Waals surface area contributed by atoms with Gasteiger partial charge in [-0.25, -0.2) is 4.79 Å². The highest BCUT2D eigenvalue weighted by Gasteiger charge is 2.21. The van der Waals surface area contributed by atoms with E-state index in [-0.39, 0.29) is 5.56 Å². The molecule has 0 spiro atoms. The number of rotatable bonds is 1. The molecule has 84 valence electrons. The standard InChI is InChI=1S/C14H11NO2/c15-13-7-9(14(16)17)6-11-10-4-2-1-3-8(10)5-12(11)13/h1-4,6-7H,5,15H2,(H,16,17). The van der Waals surface area contributed by atoms with Crippen LogP contribution in [0.1, 0.15) is 21.5 Å². The van der Waals surface area contributed by atoms with Gasteiger partial charge in [0.2, 0.25) is 0 Å². The van der Waals surface area contributed by atoms with Crippen molar-refractivity contribution in [3.05, 3.63) is 53.1 Å². The molecule has 0 aromatic heterocycles. The average Bonchev–Trinajstić information content (AvgIpc) is 2.68. The number of nitrogens with two attached hydrogens (primary N) is 1. The van der Waals surface area contributed by atoms with Crippen LogP contribution in [0.25, 0.3) is 11.1 Å². The molecule has 0 saturated carbocycles. The van der Waals surface area contributed by atoms with Crippen molar-refractivity contribution >= 4 is 11.7 Å². The van der Waals surface area contributed by atoms with Gasteiger partial charge in [0.25, 0.3) is 0 Å². The Bertz CT molecular complexity index is 632. The first kappa shape index (κ1) is 9.90. The van der Waals surface area contributed by atoms with E-state index in [0.717, 1.165) is 23.1 Å². The first-order valence-electron chi connectivity index (χ1n) is 5.41. The summed E-state index contributed by atoms with van der Waals surface area (Å²) in [6.07, 6.45) is 0.789. The third-order valence-electron chi connectivity index (χ3n) is 3.21. The monoisotopic (exact) mass is 225 g/mol. The highest BCUT2D eigenvalue weighted by Crippen LogP contribution is 2.39. The van der Waals surface area contributed by atoms with Gasteiger partial charge in [0.05, 0.1) is 5.56 Å². The fraction of sp³-hybridized carbons (Fsp3) is 0.0714. The summed E-state index contributed by atoms with van der Waals surface area (Å²) in [7, 11) is 0. The number of carboxylic acid groups (broad SMARTS) is 1. The molecule has 2 aromatic carbocycles. The summed E-state index contributed by atoms with van der Waals surface area (Å²) in [5, 5.41) is 9.03. The van der Waals surface area contributed by atoms with E-state index in [4.69, 9.17) is 10.8 Å². The minimum absolute atomic E-state index is 0.248. The topological polar surface area (TPSA) is 63.3 Å². The number of fused-ring (bicyclic) bond motifs is 3. The summed E-state index contributed by atoms with van der Waals surface area (Å²) in [4.78, 5) is 11.0. The molecule has 3 heteroatoms. The van der Waals surface area contributed by atoms with Gasteiger partial charge in [0.1, 0.15) is 0 Å².